The molecule has 0 bridgehead atoms. The lowest BCUT2D eigenvalue weighted by Crippen LogP contribution is -2.43. The van der Waals surface area contributed by atoms with E-state index in [1.807, 2.05) is 6.07 Å². The number of nitrogens with one attached hydrogen (secondary N) is 1. The molecule has 0 amide bonds. The summed E-state index contributed by atoms with van der Waals surface area (Å²) < 4.78 is 7.12. The number of halogens is 1. The van der Waals surface area contributed by atoms with E-state index in [0.29, 0.717) is 0 Å². The number of hydrogen-bond donors (Lipinski definition) is 1. The second-order valence-electron chi connectivity index (χ2n) is 6.20. The van der Waals surface area contributed by atoms with Crippen molar-refractivity contribution in [2.75, 3.05) is 6.54 Å². The van der Waals surface area contributed by atoms with Gasteiger partial charge in [-0.25, -0.2) is 0 Å². The van der Waals surface area contributed by atoms with E-state index < -0.39 is 0 Å². The van der Waals surface area contributed by atoms with E-state index in [2.05, 4.69) is 79.3 Å². The summed E-state index contributed by atoms with van der Waals surface area (Å²) in [7, 11) is 0. The molecule has 2 aromatic carbocycles. The van der Waals surface area contributed by atoms with Gasteiger partial charge in [0.05, 0.1) is 0 Å². The minimum atomic E-state index is 0.142. The Morgan fingerprint density at radius 2 is 1.81 bits per heavy atom. The van der Waals surface area contributed by atoms with Gasteiger partial charge in [-0.15, -0.1) is 0 Å². The van der Waals surface area contributed by atoms with Crippen LogP contribution in [0.1, 0.15) is 34.1 Å². The molecule has 1 atom stereocenters. The molecule has 0 aliphatic carbocycles. The Morgan fingerprint density at radius 1 is 1.14 bits per heavy atom. The highest BCUT2D eigenvalue weighted by atomic mass is 79.9. The fourth-order valence-corrected chi connectivity index (χ4v) is 2.47. The van der Waals surface area contributed by atoms with E-state index in [9.17, 15) is 0 Å². The summed E-state index contributed by atoms with van der Waals surface area (Å²) in [5.41, 5.74) is 0.160. The van der Waals surface area contributed by atoms with E-state index in [4.69, 9.17) is 4.74 Å². The molecule has 0 spiro atoms. The first kappa shape index (κ1) is 16.3. The van der Waals surface area contributed by atoms with Crippen LogP contribution in [0.25, 0.3) is 10.8 Å². The first-order chi connectivity index (χ1) is 9.89. The second-order valence-corrected chi connectivity index (χ2v) is 7.12. The van der Waals surface area contributed by atoms with E-state index in [-0.39, 0.29) is 11.6 Å². The smallest absolute Gasteiger partial charge is 0.120 e. The van der Waals surface area contributed by atoms with Gasteiger partial charge >= 0.3 is 0 Å². The minimum Gasteiger partial charge on any atom is -0.489 e. The van der Waals surface area contributed by atoms with Gasteiger partial charge in [0.25, 0.3) is 0 Å². The first-order valence-electron chi connectivity index (χ1n) is 7.50. The highest BCUT2D eigenvalue weighted by Crippen LogP contribution is 2.24. The Hall–Kier alpha value is -1.06. The van der Waals surface area contributed by atoms with Crippen molar-refractivity contribution in [1.82, 2.24) is 5.32 Å². The molecule has 0 heterocycles. The van der Waals surface area contributed by atoms with Crippen molar-refractivity contribution in [2.24, 2.45) is 0 Å². The quantitative estimate of drug-likeness (QED) is 0.778. The van der Waals surface area contributed by atoms with Gasteiger partial charge in [0.15, 0.2) is 0 Å². The molecule has 0 aromatic heterocycles. The Morgan fingerprint density at radius 3 is 2.52 bits per heavy atom. The summed E-state index contributed by atoms with van der Waals surface area (Å²) in [6.45, 7) is 9.57. The summed E-state index contributed by atoms with van der Waals surface area (Å²) in [6.07, 6.45) is 1.24. The lowest BCUT2D eigenvalue weighted by Gasteiger charge is -2.27. The summed E-state index contributed by atoms with van der Waals surface area (Å²) in [5, 5.41) is 5.96. The van der Waals surface area contributed by atoms with Crippen molar-refractivity contribution >= 4 is 26.7 Å². The molecule has 0 saturated heterocycles. The van der Waals surface area contributed by atoms with Gasteiger partial charge in [-0.2, -0.15) is 0 Å². The maximum absolute atomic E-state index is 6.02. The molecule has 0 aliphatic rings. The fourth-order valence-electron chi connectivity index (χ4n) is 2.09. The number of fused-ring (bicyclic) bond motifs is 1. The number of rotatable bonds is 6. The first-order valence-corrected chi connectivity index (χ1v) is 8.30. The van der Waals surface area contributed by atoms with Gasteiger partial charge in [-0.3, -0.25) is 0 Å². The van der Waals surface area contributed by atoms with Gasteiger partial charge < -0.3 is 10.1 Å². The topological polar surface area (TPSA) is 21.3 Å². The van der Waals surface area contributed by atoms with E-state index in [1.54, 1.807) is 0 Å². The predicted molar refractivity (Wildman–Crippen MR) is 94.1 cm³/mol. The molecular weight excluding hydrogens is 326 g/mol. The molecule has 0 aliphatic heterocycles. The average molecular weight is 350 g/mol. The van der Waals surface area contributed by atoms with Crippen molar-refractivity contribution in [3.8, 4) is 5.75 Å². The molecule has 114 valence electrons. The van der Waals surface area contributed by atoms with Crippen LogP contribution in [0.5, 0.6) is 5.75 Å². The van der Waals surface area contributed by atoms with Crippen molar-refractivity contribution < 1.29 is 4.74 Å². The molecule has 3 heteroatoms. The van der Waals surface area contributed by atoms with Gasteiger partial charge in [0.1, 0.15) is 11.9 Å². The molecule has 0 radical (unpaired) electrons. The molecule has 1 unspecified atom stereocenters. The largest absolute Gasteiger partial charge is 0.489 e. The van der Waals surface area contributed by atoms with Crippen molar-refractivity contribution in [3.63, 3.8) is 0 Å². The fraction of sp³-hybridized carbons (Fsp3) is 0.444. The van der Waals surface area contributed by atoms with Crippen LogP contribution in [0.4, 0.5) is 0 Å². The van der Waals surface area contributed by atoms with Crippen LogP contribution in [-0.4, -0.2) is 18.2 Å². The monoisotopic (exact) mass is 349 g/mol. The molecular formula is C18H24BrNO. The highest BCUT2D eigenvalue weighted by Gasteiger charge is 2.15. The zero-order valence-electron chi connectivity index (χ0n) is 13.2. The molecule has 21 heavy (non-hydrogen) atoms. The lowest BCUT2D eigenvalue weighted by atomic mass is 10.0. The van der Waals surface area contributed by atoms with Crippen molar-refractivity contribution in [1.29, 1.82) is 0 Å². The number of benzene rings is 2. The molecule has 1 N–H and O–H groups in total. The lowest BCUT2D eigenvalue weighted by molar-refractivity contribution is 0.199. The molecule has 2 nitrogen and oxygen atoms in total. The van der Waals surface area contributed by atoms with Gasteiger partial charge in [0.2, 0.25) is 0 Å². The number of ether oxygens (including phenoxy) is 1. The molecule has 2 aromatic rings. The van der Waals surface area contributed by atoms with Crippen LogP contribution in [0.2, 0.25) is 0 Å². The van der Waals surface area contributed by atoms with Crippen LogP contribution in [-0.2, 0) is 0 Å². The maximum atomic E-state index is 6.02. The van der Waals surface area contributed by atoms with Crippen LogP contribution in [0, 0.1) is 0 Å². The third kappa shape index (κ3) is 4.72. The predicted octanol–water partition coefficient (Wildman–Crippen LogP) is 5.15. The normalized spacial score (nSPS) is 13.4. The van der Waals surface area contributed by atoms with E-state index >= 15 is 0 Å². The van der Waals surface area contributed by atoms with Gasteiger partial charge in [-0.05, 0) is 62.2 Å². The summed E-state index contributed by atoms with van der Waals surface area (Å²) >= 11 is 3.50. The van der Waals surface area contributed by atoms with E-state index in [1.165, 1.54) is 10.8 Å². The standard InChI is InChI=1S/C18H24BrNO/c1-5-18(3,4)20-12-13(2)21-17-9-7-14-10-16(19)8-6-15(14)11-17/h6-11,13,20H,5,12H2,1-4H3. The van der Waals surface area contributed by atoms with Crippen molar-refractivity contribution in [3.05, 3.63) is 40.9 Å². The molecule has 0 fully saturated rings. The Labute approximate surface area is 136 Å². The zero-order valence-corrected chi connectivity index (χ0v) is 14.8. The maximum Gasteiger partial charge on any atom is 0.120 e. The Bertz CT molecular complexity index is 609. The SMILES string of the molecule is CCC(C)(C)NCC(C)Oc1ccc2cc(Br)ccc2c1. The van der Waals surface area contributed by atoms with Crippen LogP contribution in [0.15, 0.2) is 40.9 Å². The Balaban J connectivity index is 2.01. The second kappa shape index (κ2) is 6.80. The molecule has 0 saturated carbocycles. The van der Waals surface area contributed by atoms with Crippen molar-refractivity contribution in [2.45, 2.75) is 45.8 Å². The Kier molecular flexibility index (Phi) is 5.28. The average Bonchev–Trinajstić information content (AvgIpc) is 2.45. The highest BCUT2D eigenvalue weighted by molar-refractivity contribution is 9.10. The third-order valence-corrected chi connectivity index (χ3v) is 4.36. The van der Waals surface area contributed by atoms with Gasteiger partial charge in [-0.1, -0.05) is 35.0 Å². The third-order valence-electron chi connectivity index (χ3n) is 3.86. The minimum absolute atomic E-state index is 0.142. The van der Waals surface area contributed by atoms with Crippen LogP contribution < -0.4 is 10.1 Å². The summed E-state index contributed by atoms with van der Waals surface area (Å²) in [4.78, 5) is 0. The summed E-state index contributed by atoms with van der Waals surface area (Å²) in [5.74, 6) is 0.924. The summed E-state index contributed by atoms with van der Waals surface area (Å²) in [6, 6.07) is 12.5. The van der Waals surface area contributed by atoms with Gasteiger partial charge in [0, 0.05) is 16.6 Å². The number of hydrogen-bond acceptors (Lipinski definition) is 2. The molecule has 2 rings (SSSR count). The van der Waals surface area contributed by atoms with Crippen LogP contribution >= 0.6 is 15.9 Å². The van der Waals surface area contributed by atoms with Crippen LogP contribution in [0.3, 0.4) is 0 Å². The van der Waals surface area contributed by atoms with E-state index in [0.717, 1.165) is 23.2 Å². The zero-order chi connectivity index (χ0) is 15.5.